The summed E-state index contributed by atoms with van der Waals surface area (Å²) in [6.45, 7) is 12.5. The molecule has 1 aliphatic rings. The molecule has 0 atom stereocenters. The molecule has 0 saturated carbocycles. The van der Waals surface area contributed by atoms with Crippen LogP contribution in [0.4, 0.5) is 0 Å². The molecular weight excluding hydrogens is 298 g/mol. The van der Waals surface area contributed by atoms with Gasteiger partial charge in [-0.15, -0.1) is 0 Å². The molecule has 130 valence electrons. The number of thioether (sulfide) groups is 1. The van der Waals surface area contributed by atoms with Crippen LogP contribution in [0.5, 0.6) is 0 Å². The summed E-state index contributed by atoms with van der Waals surface area (Å²) in [6, 6.07) is 0. The fraction of sp³-hybridized carbons (Fsp3) is 0.938. The molecule has 0 spiro atoms. The van der Waals surface area contributed by atoms with Crippen molar-refractivity contribution in [3.63, 3.8) is 0 Å². The summed E-state index contributed by atoms with van der Waals surface area (Å²) in [4.78, 5) is 4.66. The molecule has 1 rings (SSSR count). The van der Waals surface area contributed by atoms with Crippen LogP contribution in [0.1, 0.15) is 40.5 Å². The zero-order valence-electron chi connectivity index (χ0n) is 14.8. The molecular formula is C16H33N3O2S. The van der Waals surface area contributed by atoms with Crippen LogP contribution in [0.3, 0.4) is 0 Å². The van der Waals surface area contributed by atoms with E-state index in [1.165, 1.54) is 0 Å². The minimum Gasteiger partial charge on any atom is -0.381 e. The second-order valence-corrected chi connectivity index (χ2v) is 7.97. The average Bonchev–Trinajstić information content (AvgIpc) is 2.51. The minimum atomic E-state index is -0.239. The van der Waals surface area contributed by atoms with Gasteiger partial charge in [0.2, 0.25) is 0 Å². The van der Waals surface area contributed by atoms with Gasteiger partial charge in [0.25, 0.3) is 0 Å². The Balaban J connectivity index is 2.63. The minimum absolute atomic E-state index is 0.239. The maximum absolute atomic E-state index is 5.53. The van der Waals surface area contributed by atoms with Crippen LogP contribution in [0, 0.1) is 0 Å². The van der Waals surface area contributed by atoms with E-state index in [0.717, 1.165) is 50.9 Å². The lowest BCUT2D eigenvalue weighted by Gasteiger charge is -2.37. The highest BCUT2D eigenvalue weighted by atomic mass is 32.2. The topological polar surface area (TPSA) is 54.9 Å². The summed E-state index contributed by atoms with van der Waals surface area (Å²) < 4.78 is 11.2. The molecule has 1 saturated heterocycles. The highest BCUT2D eigenvalue weighted by Gasteiger charge is 2.32. The van der Waals surface area contributed by atoms with Gasteiger partial charge in [-0.05, 0) is 39.4 Å². The van der Waals surface area contributed by atoms with Crippen LogP contribution in [0.2, 0.25) is 0 Å². The molecule has 0 aromatic carbocycles. The van der Waals surface area contributed by atoms with Gasteiger partial charge in [-0.3, -0.25) is 4.99 Å². The molecule has 2 N–H and O–H groups in total. The Labute approximate surface area is 140 Å². The van der Waals surface area contributed by atoms with E-state index < -0.39 is 0 Å². The third-order valence-electron chi connectivity index (χ3n) is 3.95. The zero-order valence-corrected chi connectivity index (χ0v) is 15.6. The Morgan fingerprint density at radius 1 is 1.27 bits per heavy atom. The first kappa shape index (κ1) is 19.6. The number of methoxy groups -OCH3 is 1. The Bertz CT molecular complexity index is 337. The molecule has 0 bridgehead atoms. The van der Waals surface area contributed by atoms with Gasteiger partial charge >= 0.3 is 0 Å². The Kier molecular flexibility index (Phi) is 8.57. The monoisotopic (exact) mass is 331 g/mol. The van der Waals surface area contributed by atoms with Crippen molar-refractivity contribution in [1.82, 2.24) is 10.6 Å². The predicted octanol–water partition coefficient (Wildman–Crippen LogP) is 2.27. The SMILES string of the molecule is CCNC(=NCC(C)(C)OC)NCC1(SCC)CCOCC1. The van der Waals surface area contributed by atoms with Gasteiger partial charge in [-0.1, -0.05) is 6.92 Å². The zero-order chi connectivity index (χ0) is 16.5. The second-order valence-electron chi connectivity index (χ2n) is 6.24. The van der Waals surface area contributed by atoms with Crippen molar-refractivity contribution in [3.05, 3.63) is 0 Å². The van der Waals surface area contributed by atoms with Gasteiger partial charge in [0.1, 0.15) is 0 Å². The van der Waals surface area contributed by atoms with E-state index >= 15 is 0 Å². The van der Waals surface area contributed by atoms with E-state index in [0.29, 0.717) is 6.54 Å². The Morgan fingerprint density at radius 2 is 1.95 bits per heavy atom. The number of nitrogens with one attached hydrogen (secondary N) is 2. The molecule has 0 aliphatic carbocycles. The first-order valence-electron chi connectivity index (χ1n) is 8.26. The fourth-order valence-corrected chi connectivity index (χ4v) is 3.58. The van der Waals surface area contributed by atoms with Crippen molar-refractivity contribution in [2.75, 3.05) is 45.7 Å². The predicted molar refractivity (Wildman–Crippen MR) is 96.0 cm³/mol. The number of guanidine groups is 1. The maximum atomic E-state index is 5.53. The van der Waals surface area contributed by atoms with E-state index in [1.54, 1.807) is 7.11 Å². The lowest BCUT2D eigenvalue weighted by atomic mass is 9.99. The van der Waals surface area contributed by atoms with Crippen LogP contribution in [0.25, 0.3) is 0 Å². The maximum Gasteiger partial charge on any atom is 0.191 e. The lowest BCUT2D eigenvalue weighted by molar-refractivity contribution is 0.0310. The third-order valence-corrected chi connectivity index (χ3v) is 5.40. The molecule has 22 heavy (non-hydrogen) atoms. The molecule has 0 radical (unpaired) electrons. The van der Waals surface area contributed by atoms with E-state index in [9.17, 15) is 0 Å². The van der Waals surface area contributed by atoms with Crippen molar-refractivity contribution < 1.29 is 9.47 Å². The second kappa shape index (κ2) is 9.63. The number of hydrogen-bond acceptors (Lipinski definition) is 4. The smallest absolute Gasteiger partial charge is 0.191 e. The van der Waals surface area contributed by atoms with Gasteiger partial charge in [-0.25, -0.2) is 0 Å². The van der Waals surface area contributed by atoms with E-state index in [-0.39, 0.29) is 10.3 Å². The number of nitrogens with zero attached hydrogens (tertiary/aromatic N) is 1. The third kappa shape index (κ3) is 6.75. The highest BCUT2D eigenvalue weighted by Crippen LogP contribution is 2.34. The number of hydrogen-bond donors (Lipinski definition) is 2. The summed E-state index contributed by atoms with van der Waals surface area (Å²) in [5.41, 5.74) is -0.239. The number of aliphatic imine (C=N–C) groups is 1. The quantitative estimate of drug-likeness (QED) is 0.528. The summed E-state index contributed by atoms with van der Waals surface area (Å²) in [6.07, 6.45) is 2.20. The first-order chi connectivity index (χ1) is 10.5. The van der Waals surface area contributed by atoms with Crippen LogP contribution < -0.4 is 10.6 Å². The summed E-state index contributed by atoms with van der Waals surface area (Å²) >= 11 is 2.04. The van der Waals surface area contributed by atoms with E-state index in [4.69, 9.17) is 9.47 Å². The van der Waals surface area contributed by atoms with E-state index in [1.807, 2.05) is 25.6 Å². The highest BCUT2D eigenvalue weighted by molar-refractivity contribution is 8.00. The molecule has 0 amide bonds. The van der Waals surface area contributed by atoms with Crippen molar-refractivity contribution in [2.24, 2.45) is 4.99 Å². The standard InChI is InChI=1S/C16H33N3O2S/c1-6-17-14(18-12-15(3,4)20-5)19-13-16(22-7-2)8-10-21-11-9-16/h6-13H2,1-5H3,(H2,17,18,19). The molecule has 1 heterocycles. The largest absolute Gasteiger partial charge is 0.381 e. The Hall–Kier alpha value is -0.460. The van der Waals surface area contributed by atoms with Crippen molar-refractivity contribution in [3.8, 4) is 0 Å². The van der Waals surface area contributed by atoms with Crippen LogP contribution in [-0.4, -0.2) is 62.0 Å². The fourth-order valence-electron chi connectivity index (χ4n) is 2.34. The van der Waals surface area contributed by atoms with Gasteiger partial charge in [0, 0.05) is 38.2 Å². The molecule has 5 nitrogen and oxygen atoms in total. The molecule has 0 unspecified atom stereocenters. The van der Waals surface area contributed by atoms with Crippen LogP contribution >= 0.6 is 11.8 Å². The number of rotatable bonds is 8. The van der Waals surface area contributed by atoms with Crippen LogP contribution in [0.15, 0.2) is 4.99 Å². The van der Waals surface area contributed by atoms with Gasteiger partial charge in [0.15, 0.2) is 5.96 Å². The normalized spacial score (nSPS) is 19.0. The van der Waals surface area contributed by atoms with Crippen LogP contribution in [-0.2, 0) is 9.47 Å². The average molecular weight is 332 g/mol. The molecule has 0 aromatic rings. The summed E-state index contributed by atoms with van der Waals surface area (Å²) in [5, 5.41) is 6.84. The summed E-state index contributed by atoms with van der Waals surface area (Å²) in [5.74, 6) is 2.00. The molecule has 6 heteroatoms. The summed E-state index contributed by atoms with van der Waals surface area (Å²) in [7, 11) is 1.73. The van der Waals surface area contributed by atoms with Crippen molar-refractivity contribution >= 4 is 17.7 Å². The van der Waals surface area contributed by atoms with Gasteiger partial charge in [0.05, 0.1) is 12.1 Å². The molecule has 1 aliphatic heterocycles. The van der Waals surface area contributed by atoms with Crippen molar-refractivity contribution in [2.45, 2.75) is 50.9 Å². The lowest BCUT2D eigenvalue weighted by Crippen LogP contribution is -2.48. The first-order valence-corrected chi connectivity index (χ1v) is 9.24. The van der Waals surface area contributed by atoms with Gasteiger partial charge < -0.3 is 20.1 Å². The Morgan fingerprint density at radius 3 is 2.50 bits per heavy atom. The van der Waals surface area contributed by atoms with E-state index in [2.05, 4.69) is 29.5 Å². The number of ether oxygens (including phenoxy) is 2. The van der Waals surface area contributed by atoms with Crippen molar-refractivity contribution in [1.29, 1.82) is 0 Å². The molecule has 0 aromatic heterocycles. The van der Waals surface area contributed by atoms with Gasteiger partial charge in [-0.2, -0.15) is 11.8 Å². The molecule has 1 fully saturated rings.